The van der Waals surface area contributed by atoms with E-state index in [1.54, 1.807) is 6.07 Å². The second kappa shape index (κ2) is 6.12. The van der Waals surface area contributed by atoms with Crippen molar-refractivity contribution in [2.24, 2.45) is 0 Å². The Morgan fingerprint density at radius 1 is 1.24 bits per heavy atom. The average molecular weight is 382 g/mol. The van der Waals surface area contributed by atoms with Crippen LogP contribution in [0, 0.1) is 10.1 Å². The molecule has 12 heteroatoms. The Labute approximate surface area is 146 Å². The van der Waals surface area contributed by atoms with Crippen LogP contribution >= 0.6 is 11.6 Å². The van der Waals surface area contributed by atoms with Gasteiger partial charge < -0.3 is 10.0 Å². The molecule has 0 saturated carbocycles. The van der Waals surface area contributed by atoms with Crippen LogP contribution in [0.5, 0.6) is 0 Å². The predicted molar refractivity (Wildman–Crippen MR) is 90.2 cm³/mol. The van der Waals surface area contributed by atoms with Gasteiger partial charge in [-0.3, -0.25) is 10.1 Å². The first-order valence-corrected chi connectivity index (χ1v) is 8.58. The van der Waals surface area contributed by atoms with Crippen molar-refractivity contribution in [2.45, 2.75) is 4.90 Å². The fraction of sp³-hybridized carbons (Fsp3) is 0. The highest BCUT2D eigenvalue weighted by molar-refractivity contribution is 7.90. The summed E-state index contributed by atoms with van der Waals surface area (Å²) in [6.45, 7) is 0. The maximum Gasteiger partial charge on any atom is 0.507 e. The topological polar surface area (TPSA) is 136 Å². The van der Waals surface area contributed by atoms with Gasteiger partial charge >= 0.3 is 12.8 Å². The van der Waals surface area contributed by atoms with Crippen molar-refractivity contribution in [3.63, 3.8) is 0 Å². The summed E-state index contributed by atoms with van der Waals surface area (Å²) in [5, 5.41) is 29.6. The smallest absolute Gasteiger partial charge is 0.422 e. The highest BCUT2D eigenvalue weighted by atomic mass is 35.5. The summed E-state index contributed by atoms with van der Waals surface area (Å²) in [6.07, 6.45) is 0.815. The third kappa shape index (κ3) is 2.76. The molecule has 2 aromatic heterocycles. The number of halogens is 1. The van der Waals surface area contributed by atoms with Crippen LogP contribution in [0.4, 0.5) is 5.69 Å². The van der Waals surface area contributed by atoms with Crippen molar-refractivity contribution in [3.05, 3.63) is 57.7 Å². The number of nitro groups is 1. The SMILES string of the molecule is O=[N+]([O-])c1cnc2c(cc(B(O)O)n2S(=O)(=O)c2ccccc2)c1Cl. The lowest BCUT2D eigenvalue weighted by Gasteiger charge is -2.11. The Kier molecular flexibility index (Phi) is 4.25. The van der Waals surface area contributed by atoms with Gasteiger partial charge in [-0.25, -0.2) is 17.4 Å². The molecule has 9 nitrogen and oxygen atoms in total. The van der Waals surface area contributed by atoms with Gasteiger partial charge in [0.15, 0.2) is 5.65 Å². The fourth-order valence-corrected chi connectivity index (χ4v) is 4.13. The quantitative estimate of drug-likeness (QED) is 0.382. The minimum Gasteiger partial charge on any atom is -0.422 e. The van der Waals surface area contributed by atoms with Crippen molar-refractivity contribution in [1.29, 1.82) is 0 Å². The number of nitrogens with zero attached hydrogens (tertiary/aromatic N) is 3. The summed E-state index contributed by atoms with van der Waals surface area (Å²) in [5.41, 5.74) is -1.21. The molecule has 128 valence electrons. The first-order chi connectivity index (χ1) is 11.7. The third-order valence-corrected chi connectivity index (χ3v) is 5.60. The zero-order valence-electron chi connectivity index (χ0n) is 12.3. The number of rotatable bonds is 4. The van der Waals surface area contributed by atoms with Crippen LogP contribution in [0.2, 0.25) is 5.02 Å². The van der Waals surface area contributed by atoms with E-state index in [1.807, 2.05) is 0 Å². The maximum absolute atomic E-state index is 12.9. The first-order valence-electron chi connectivity index (χ1n) is 6.76. The Hall–Kier alpha value is -2.47. The summed E-state index contributed by atoms with van der Waals surface area (Å²) in [7, 11) is -6.41. The van der Waals surface area contributed by atoms with Crippen molar-refractivity contribution in [1.82, 2.24) is 8.96 Å². The molecule has 0 aliphatic carbocycles. The molecule has 0 unspecified atom stereocenters. The van der Waals surface area contributed by atoms with E-state index in [0.717, 1.165) is 12.3 Å². The van der Waals surface area contributed by atoms with Crippen LogP contribution in [0.3, 0.4) is 0 Å². The molecule has 3 aromatic rings. The van der Waals surface area contributed by atoms with E-state index in [0.29, 0.717) is 3.97 Å². The van der Waals surface area contributed by atoms with Crippen molar-refractivity contribution in [3.8, 4) is 0 Å². The van der Waals surface area contributed by atoms with Gasteiger partial charge in [0.2, 0.25) is 0 Å². The first kappa shape index (κ1) is 17.4. The summed E-state index contributed by atoms with van der Waals surface area (Å²) in [5.74, 6) is 0. The number of pyridine rings is 1. The van der Waals surface area contributed by atoms with Crippen LogP contribution in [-0.4, -0.2) is 39.5 Å². The van der Waals surface area contributed by atoms with E-state index in [-0.39, 0.29) is 21.0 Å². The molecule has 3 rings (SSSR count). The minimum atomic E-state index is -4.24. The molecular weight excluding hydrogens is 372 g/mol. The van der Waals surface area contributed by atoms with Gasteiger partial charge in [0.05, 0.1) is 15.4 Å². The van der Waals surface area contributed by atoms with Gasteiger partial charge in [-0.15, -0.1) is 0 Å². The lowest BCUT2D eigenvalue weighted by atomic mass is 9.86. The molecule has 0 aliphatic rings. The second-order valence-corrected chi connectivity index (χ2v) is 7.14. The Morgan fingerprint density at radius 3 is 2.44 bits per heavy atom. The molecule has 0 spiro atoms. The summed E-state index contributed by atoms with van der Waals surface area (Å²) < 4.78 is 26.4. The highest BCUT2D eigenvalue weighted by Gasteiger charge is 2.31. The molecule has 2 heterocycles. The standard InChI is InChI=1S/C13H9BClN3O6S/c15-12-9-6-11(14(19)20)17(13(9)16-7-10(12)18(21)22)25(23,24)8-4-2-1-3-5-8/h1-7,19-20H. The summed E-state index contributed by atoms with van der Waals surface area (Å²) in [6, 6.07) is 8.30. The average Bonchev–Trinajstić information content (AvgIpc) is 2.97. The molecule has 2 N–H and O–H groups in total. The van der Waals surface area contributed by atoms with E-state index in [1.165, 1.54) is 24.3 Å². The lowest BCUT2D eigenvalue weighted by molar-refractivity contribution is -0.384. The molecule has 0 saturated heterocycles. The van der Waals surface area contributed by atoms with Gasteiger partial charge in [-0.05, 0) is 18.2 Å². The zero-order valence-corrected chi connectivity index (χ0v) is 13.8. The largest absolute Gasteiger partial charge is 0.507 e. The van der Waals surface area contributed by atoms with E-state index >= 15 is 0 Å². The number of benzene rings is 1. The van der Waals surface area contributed by atoms with E-state index < -0.39 is 33.3 Å². The third-order valence-electron chi connectivity index (χ3n) is 3.47. The molecule has 25 heavy (non-hydrogen) atoms. The molecule has 0 radical (unpaired) electrons. The van der Waals surface area contributed by atoms with Gasteiger partial charge in [0, 0.05) is 5.39 Å². The van der Waals surface area contributed by atoms with Gasteiger partial charge in [-0.1, -0.05) is 29.8 Å². The highest BCUT2D eigenvalue weighted by Crippen LogP contribution is 2.32. The fourth-order valence-electron chi connectivity index (χ4n) is 2.36. The van der Waals surface area contributed by atoms with Crippen LogP contribution in [0.1, 0.15) is 0 Å². The Morgan fingerprint density at radius 2 is 1.88 bits per heavy atom. The van der Waals surface area contributed by atoms with E-state index in [4.69, 9.17) is 11.6 Å². The van der Waals surface area contributed by atoms with Gasteiger partial charge in [0.25, 0.3) is 10.0 Å². The second-order valence-electron chi connectivity index (χ2n) is 4.98. The van der Waals surface area contributed by atoms with Crippen LogP contribution in [0.15, 0.2) is 47.5 Å². The molecule has 0 amide bonds. The number of fused-ring (bicyclic) bond motifs is 1. The predicted octanol–water partition coefficient (Wildman–Crippen LogP) is 0.515. The molecule has 0 atom stereocenters. The van der Waals surface area contributed by atoms with E-state index in [9.17, 15) is 28.6 Å². The number of aromatic nitrogens is 2. The van der Waals surface area contributed by atoms with Crippen molar-refractivity contribution < 1.29 is 23.4 Å². The maximum atomic E-state index is 12.9. The Balaban J connectivity index is 2.40. The molecule has 0 fully saturated rings. The Bertz CT molecular complexity index is 1080. The normalized spacial score (nSPS) is 11.6. The molecule has 0 bridgehead atoms. The lowest BCUT2D eigenvalue weighted by Crippen LogP contribution is -2.39. The zero-order chi connectivity index (χ0) is 18.4. The molecular formula is C13H9BClN3O6S. The summed E-state index contributed by atoms with van der Waals surface area (Å²) >= 11 is 5.97. The number of hydrogen-bond acceptors (Lipinski definition) is 7. The monoisotopic (exact) mass is 381 g/mol. The van der Waals surface area contributed by atoms with Crippen molar-refractivity contribution >= 4 is 51.1 Å². The van der Waals surface area contributed by atoms with Gasteiger partial charge in [-0.2, -0.15) is 0 Å². The van der Waals surface area contributed by atoms with Crippen molar-refractivity contribution in [2.75, 3.05) is 0 Å². The van der Waals surface area contributed by atoms with Crippen LogP contribution < -0.4 is 5.59 Å². The minimum absolute atomic E-state index is 0.0847. The molecule has 1 aromatic carbocycles. The number of hydrogen-bond donors (Lipinski definition) is 2. The van der Waals surface area contributed by atoms with E-state index in [2.05, 4.69) is 4.98 Å². The van der Waals surface area contributed by atoms with Gasteiger partial charge in [0.1, 0.15) is 11.2 Å². The van der Waals surface area contributed by atoms with Crippen LogP contribution in [-0.2, 0) is 10.0 Å². The van der Waals surface area contributed by atoms with Crippen LogP contribution in [0.25, 0.3) is 11.0 Å². The summed E-state index contributed by atoms with van der Waals surface area (Å²) in [4.78, 5) is 13.9. The molecule has 0 aliphatic heterocycles.